The van der Waals surface area contributed by atoms with Crippen molar-refractivity contribution in [1.29, 1.82) is 0 Å². The van der Waals surface area contributed by atoms with Crippen LogP contribution in [0.3, 0.4) is 0 Å². The molecule has 3 aliphatic heterocycles. The van der Waals surface area contributed by atoms with E-state index >= 15 is 0 Å². The highest BCUT2D eigenvalue weighted by Crippen LogP contribution is 2.49. The summed E-state index contributed by atoms with van der Waals surface area (Å²) in [6, 6.07) is -0.379. The third-order valence-corrected chi connectivity index (χ3v) is 17.0. The molecule has 3 rings (SSSR count). The molecule has 0 bridgehead atoms. The third kappa shape index (κ3) is 3.28. The highest BCUT2D eigenvalue weighted by Gasteiger charge is 2.64. The van der Waals surface area contributed by atoms with Crippen molar-refractivity contribution in [2.24, 2.45) is 0 Å². The molecule has 0 radical (unpaired) electrons. The maximum atomic E-state index is 12.2. The van der Waals surface area contributed by atoms with Crippen molar-refractivity contribution in [2.45, 2.75) is 102 Å². The second kappa shape index (κ2) is 7.66. The summed E-state index contributed by atoms with van der Waals surface area (Å²) in [6.45, 7) is 17.9. The second-order valence-electron chi connectivity index (χ2n) is 9.69. The Morgan fingerprint density at radius 2 is 1.43 bits per heavy atom. The standard InChI is InChI=1S/C19H37NO6Si2/c1-11(2)27(12(3)4)24-16-9-20-15(10-23-19(20)22)17(21)18(16)25-28(26-27,13(5)6)14(7)8/h11-18,21H,9-10H2,1-8H3/t15?,16-,17+,18+/m0/s1. The van der Waals surface area contributed by atoms with Gasteiger partial charge in [0.05, 0.1) is 18.7 Å². The lowest BCUT2D eigenvalue weighted by atomic mass is 9.95. The van der Waals surface area contributed by atoms with E-state index in [4.69, 9.17) is 17.7 Å². The maximum Gasteiger partial charge on any atom is 0.410 e. The molecule has 3 heterocycles. The first-order valence-corrected chi connectivity index (χ1v) is 14.6. The molecule has 162 valence electrons. The number of ether oxygens (including phenoxy) is 1. The van der Waals surface area contributed by atoms with Crippen molar-refractivity contribution in [3.05, 3.63) is 0 Å². The first-order chi connectivity index (χ1) is 13.0. The number of aliphatic hydroxyl groups is 1. The van der Waals surface area contributed by atoms with Crippen LogP contribution in [0.4, 0.5) is 4.79 Å². The van der Waals surface area contributed by atoms with E-state index in [0.29, 0.717) is 6.54 Å². The van der Waals surface area contributed by atoms with Crippen LogP contribution in [0, 0.1) is 0 Å². The largest absolute Gasteiger partial charge is 0.447 e. The van der Waals surface area contributed by atoms with Crippen LogP contribution in [-0.4, -0.2) is 70.7 Å². The Bertz CT molecular complexity index is 583. The molecule has 7 nitrogen and oxygen atoms in total. The van der Waals surface area contributed by atoms with Gasteiger partial charge in [-0.2, -0.15) is 0 Å². The van der Waals surface area contributed by atoms with Crippen LogP contribution in [0.1, 0.15) is 55.4 Å². The van der Waals surface area contributed by atoms with Gasteiger partial charge in [-0.05, 0) is 22.2 Å². The molecule has 3 saturated heterocycles. The Labute approximate surface area is 171 Å². The highest BCUT2D eigenvalue weighted by molar-refractivity contribution is 6.84. The molecule has 0 aromatic rings. The first kappa shape index (κ1) is 22.2. The van der Waals surface area contributed by atoms with Gasteiger partial charge in [-0.1, -0.05) is 55.4 Å². The van der Waals surface area contributed by atoms with Gasteiger partial charge in [-0.25, -0.2) is 4.79 Å². The Morgan fingerprint density at radius 1 is 0.929 bits per heavy atom. The summed E-state index contributed by atoms with van der Waals surface area (Å²) in [4.78, 5) is 13.8. The van der Waals surface area contributed by atoms with Gasteiger partial charge in [-0.3, -0.25) is 4.90 Å². The molecule has 9 heteroatoms. The van der Waals surface area contributed by atoms with Crippen LogP contribution in [0.5, 0.6) is 0 Å². The van der Waals surface area contributed by atoms with Crippen molar-refractivity contribution in [1.82, 2.24) is 4.90 Å². The second-order valence-corrected chi connectivity index (χ2v) is 18.5. The summed E-state index contributed by atoms with van der Waals surface area (Å²) in [7, 11) is -5.43. The van der Waals surface area contributed by atoms with Crippen molar-refractivity contribution < 1.29 is 27.6 Å². The number of carbonyl (C=O) groups is 1. The fraction of sp³-hybridized carbons (Fsp3) is 0.947. The molecule has 3 fully saturated rings. The minimum atomic E-state index is -2.73. The Hall–Kier alpha value is -0.456. The zero-order valence-corrected chi connectivity index (χ0v) is 20.5. The Kier molecular flexibility index (Phi) is 6.08. The molecule has 28 heavy (non-hydrogen) atoms. The Morgan fingerprint density at radius 3 is 1.93 bits per heavy atom. The van der Waals surface area contributed by atoms with Gasteiger partial charge in [-0.15, -0.1) is 0 Å². The van der Waals surface area contributed by atoms with Crippen molar-refractivity contribution in [3.8, 4) is 0 Å². The van der Waals surface area contributed by atoms with Crippen LogP contribution >= 0.6 is 0 Å². The summed E-state index contributed by atoms with van der Waals surface area (Å²) in [5, 5.41) is 11.2. The van der Waals surface area contributed by atoms with E-state index in [2.05, 4.69) is 55.4 Å². The maximum absolute atomic E-state index is 12.2. The lowest BCUT2D eigenvalue weighted by Gasteiger charge is -2.46. The molecule has 1 amide bonds. The van der Waals surface area contributed by atoms with Crippen molar-refractivity contribution in [3.63, 3.8) is 0 Å². The summed E-state index contributed by atoms with van der Waals surface area (Å²) in [5.41, 5.74) is 0.871. The average molecular weight is 432 g/mol. The number of cyclic esters (lactones) is 1. The minimum Gasteiger partial charge on any atom is -0.447 e. The van der Waals surface area contributed by atoms with E-state index in [0.717, 1.165) is 0 Å². The van der Waals surface area contributed by atoms with Crippen LogP contribution in [0.2, 0.25) is 22.2 Å². The molecule has 0 aliphatic carbocycles. The predicted molar refractivity (Wildman–Crippen MR) is 111 cm³/mol. The summed E-state index contributed by atoms with van der Waals surface area (Å²) < 4.78 is 26.0. The monoisotopic (exact) mass is 431 g/mol. The van der Waals surface area contributed by atoms with E-state index in [1.54, 1.807) is 4.90 Å². The fourth-order valence-corrected chi connectivity index (χ4v) is 16.3. The number of hydrogen-bond acceptors (Lipinski definition) is 6. The number of piperidine rings is 1. The van der Waals surface area contributed by atoms with Crippen LogP contribution in [0.25, 0.3) is 0 Å². The zero-order chi connectivity index (χ0) is 21.0. The summed E-state index contributed by atoms with van der Waals surface area (Å²) in [5.74, 6) is 0. The lowest BCUT2D eigenvalue weighted by Crippen LogP contribution is -2.64. The molecule has 0 aromatic carbocycles. The van der Waals surface area contributed by atoms with Gasteiger partial charge in [0.25, 0.3) is 0 Å². The minimum absolute atomic E-state index is 0.197. The van der Waals surface area contributed by atoms with Crippen LogP contribution in [-0.2, 0) is 17.7 Å². The number of aliphatic hydroxyl groups excluding tert-OH is 1. The van der Waals surface area contributed by atoms with E-state index in [1.807, 2.05) is 0 Å². The van der Waals surface area contributed by atoms with E-state index in [-0.39, 0.29) is 40.9 Å². The van der Waals surface area contributed by atoms with E-state index in [1.165, 1.54) is 0 Å². The molecule has 1 N–H and O–H groups in total. The molecule has 0 saturated carbocycles. The molecule has 0 aromatic heterocycles. The molecule has 1 unspecified atom stereocenters. The van der Waals surface area contributed by atoms with Gasteiger partial charge in [0.1, 0.15) is 18.8 Å². The van der Waals surface area contributed by atoms with Gasteiger partial charge >= 0.3 is 23.2 Å². The third-order valence-electron chi connectivity index (χ3n) is 6.68. The van der Waals surface area contributed by atoms with Gasteiger partial charge in [0, 0.05) is 0 Å². The number of nitrogens with zero attached hydrogens (tertiary/aromatic N) is 1. The number of carbonyl (C=O) groups excluding carboxylic acids is 1. The summed E-state index contributed by atoms with van der Waals surface area (Å²) >= 11 is 0. The molecule has 0 spiro atoms. The molecular weight excluding hydrogens is 394 g/mol. The van der Waals surface area contributed by atoms with Crippen LogP contribution < -0.4 is 0 Å². The van der Waals surface area contributed by atoms with Gasteiger partial charge in [0.2, 0.25) is 0 Å². The number of rotatable bonds is 4. The van der Waals surface area contributed by atoms with Gasteiger partial charge < -0.3 is 22.8 Å². The number of hydrogen-bond donors (Lipinski definition) is 1. The summed E-state index contributed by atoms with van der Waals surface area (Å²) in [6.07, 6.45) is -2.13. The number of amides is 1. The topological polar surface area (TPSA) is 77.5 Å². The predicted octanol–water partition coefficient (Wildman–Crippen LogP) is 3.51. The van der Waals surface area contributed by atoms with Crippen LogP contribution in [0.15, 0.2) is 0 Å². The fourth-order valence-electron chi connectivity index (χ4n) is 5.04. The SMILES string of the molecule is CC(C)[Si]1(C(C)C)O[C@@H]2[C@H](CN3C(=O)OCC3[C@H]2O)O[Si](C(C)C)(C(C)C)O1. The zero-order valence-electron chi connectivity index (χ0n) is 18.5. The van der Waals surface area contributed by atoms with Crippen molar-refractivity contribution >= 4 is 23.2 Å². The lowest BCUT2D eigenvalue weighted by molar-refractivity contribution is -0.102. The molecule has 4 atom stereocenters. The van der Waals surface area contributed by atoms with Crippen molar-refractivity contribution in [2.75, 3.05) is 13.2 Å². The normalized spacial score (nSPS) is 34.6. The first-order valence-electron chi connectivity index (χ1n) is 10.6. The average Bonchev–Trinajstić information content (AvgIpc) is 2.87. The Balaban J connectivity index is 2.10. The number of fused-ring (bicyclic) bond motifs is 2. The smallest absolute Gasteiger partial charge is 0.410 e. The highest BCUT2D eigenvalue weighted by atomic mass is 28.5. The quantitative estimate of drug-likeness (QED) is 0.687. The molecular formula is C19H37NO6Si2. The van der Waals surface area contributed by atoms with Gasteiger partial charge in [0.15, 0.2) is 0 Å². The van der Waals surface area contributed by atoms with E-state index in [9.17, 15) is 9.90 Å². The molecule has 3 aliphatic rings. The van der Waals surface area contributed by atoms with E-state index < -0.39 is 35.4 Å².